The lowest BCUT2D eigenvalue weighted by molar-refractivity contribution is -0.123. The average Bonchev–Trinajstić information content (AvgIpc) is 3.15. The van der Waals surface area contributed by atoms with Crippen molar-refractivity contribution in [3.05, 3.63) is 29.3 Å². The van der Waals surface area contributed by atoms with Gasteiger partial charge < -0.3 is 14.6 Å². The Hall–Kier alpha value is -2.94. The van der Waals surface area contributed by atoms with Gasteiger partial charge in [0.15, 0.2) is 0 Å². The van der Waals surface area contributed by atoms with Crippen molar-refractivity contribution in [2.45, 2.75) is 44.7 Å². The maximum atomic E-state index is 13.0. The van der Waals surface area contributed by atoms with Crippen molar-refractivity contribution in [2.75, 3.05) is 37.6 Å². The van der Waals surface area contributed by atoms with E-state index in [4.69, 9.17) is 0 Å². The molecule has 5 rings (SSSR count). The summed E-state index contributed by atoms with van der Waals surface area (Å²) in [4.78, 5) is 52.5. The number of hydrazine groups is 1. The van der Waals surface area contributed by atoms with Crippen molar-refractivity contribution in [1.82, 2.24) is 20.2 Å². The number of rotatable bonds is 4. The molecule has 0 aromatic heterocycles. The molecule has 9 heteroatoms. The summed E-state index contributed by atoms with van der Waals surface area (Å²) in [5.74, 6) is -0.278. The fourth-order valence-electron chi connectivity index (χ4n) is 5.36. The van der Waals surface area contributed by atoms with Crippen molar-refractivity contribution in [1.29, 1.82) is 0 Å². The predicted molar refractivity (Wildman–Crippen MR) is 117 cm³/mol. The third kappa shape index (κ3) is 3.85. The molecule has 0 spiro atoms. The quantitative estimate of drug-likeness (QED) is 0.713. The van der Waals surface area contributed by atoms with Gasteiger partial charge in [0.25, 0.3) is 5.91 Å². The van der Waals surface area contributed by atoms with Crippen LogP contribution in [0.3, 0.4) is 0 Å². The molecule has 0 aliphatic carbocycles. The van der Waals surface area contributed by atoms with E-state index in [1.807, 2.05) is 12.1 Å². The molecule has 0 radical (unpaired) electrons. The van der Waals surface area contributed by atoms with E-state index in [2.05, 4.69) is 21.2 Å². The zero-order valence-corrected chi connectivity index (χ0v) is 18.2. The largest absolute Gasteiger partial charge is 0.371 e. The van der Waals surface area contributed by atoms with Gasteiger partial charge in [-0.3, -0.25) is 14.9 Å². The van der Waals surface area contributed by atoms with Gasteiger partial charge in [-0.1, -0.05) is 6.07 Å². The van der Waals surface area contributed by atoms with E-state index in [1.54, 1.807) is 0 Å². The van der Waals surface area contributed by atoms with Crippen LogP contribution in [0.25, 0.3) is 0 Å². The molecule has 1 aromatic rings. The zero-order chi connectivity index (χ0) is 22.2. The Balaban J connectivity index is 1.21. The second kappa shape index (κ2) is 8.54. The highest BCUT2D eigenvalue weighted by atomic mass is 16.2. The smallest absolute Gasteiger partial charge is 0.342 e. The monoisotopic (exact) mass is 439 g/mol. The number of nitrogens with one attached hydrogen (secondary N) is 1. The number of urea groups is 1. The second-order valence-corrected chi connectivity index (χ2v) is 9.16. The number of aldehydes is 1. The van der Waals surface area contributed by atoms with Gasteiger partial charge in [0.1, 0.15) is 6.29 Å². The number of carbonyl (C=O) groups excluding carboxylic acids is 4. The highest BCUT2D eigenvalue weighted by Gasteiger charge is 2.37. The molecule has 1 N–H and O–H groups in total. The lowest BCUT2D eigenvalue weighted by Gasteiger charge is -2.41. The molecule has 0 bridgehead atoms. The van der Waals surface area contributed by atoms with Gasteiger partial charge in [-0.2, -0.15) is 0 Å². The lowest BCUT2D eigenvalue weighted by atomic mass is 9.94. The number of carbonyl (C=O) groups is 4. The minimum absolute atomic E-state index is 0.193. The first-order chi connectivity index (χ1) is 15.5. The number of benzene rings is 1. The summed E-state index contributed by atoms with van der Waals surface area (Å²) < 4.78 is 0. The van der Waals surface area contributed by atoms with Crippen molar-refractivity contribution < 1.29 is 19.2 Å². The Kier molecular flexibility index (Phi) is 5.58. The van der Waals surface area contributed by atoms with Crippen molar-refractivity contribution in [3.63, 3.8) is 0 Å². The molecule has 4 heterocycles. The molecule has 3 saturated heterocycles. The maximum Gasteiger partial charge on any atom is 0.342 e. The summed E-state index contributed by atoms with van der Waals surface area (Å²) in [5.41, 5.74) is 2.57. The first kappa shape index (κ1) is 20.9. The molecule has 0 saturated carbocycles. The summed E-state index contributed by atoms with van der Waals surface area (Å²) in [6, 6.07) is 6.00. The molecular weight excluding hydrogens is 410 g/mol. The van der Waals surface area contributed by atoms with Crippen molar-refractivity contribution >= 4 is 29.8 Å². The summed E-state index contributed by atoms with van der Waals surface area (Å²) >= 11 is 0. The van der Waals surface area contributed by atoms with Crippen LogP contribution in [-0.2, 0) is 16.1 Å². The Morgan fingerprint density at radius 3 is 2.34 bits per heavy atom. The van der Waals surface area contributed by atoms with E-state index in [-0.39, 0.29) is 30.7 Å². The van der Waals surface area contributed by atoms with Crippen LogP contribution in [0.4, 0.5) is 10.5 Å². The number of nitrogens with zero attached hydrogens (tertiary/aromatic N) is 4. The van der Waals surface area contributed by atoms with Crippen LogP contribution < -0.4 is 10.2 Å². The molecule has 0 atom stereocenters. The molecule has 0 unspecified atom stereocenters. The summed E-state index contributed by atoms with van der Waals surface area (Å²) in [6.45, 7) is 4.45. The van der Waals surface area contributed by atoms with E-state index < -0.39 is 6.03 Å². The van der Waals surface area contributed by atoms with E-state index >= 15 is 0 Å². The van der Waals surface area contributed by atoms with Gasteiger partial charge in [-0.25, -0.2) is 14.8 Å². The highest BCUT2D eigenvalue weighted by Crippen LogP contribution is 2.31. The van der Waals surface area contributed by atoms with Gasteiger partial charge in [0.2, 0.25) is 5.91 Å². The molecule has 4 aliphatic heterocycles. The SMILES string of the molecule is O=CC1CCN(C2CCN(c3ccc4c(c3)C(=O)N(N3CCC(=O)NC3=O)C4)CC2)CC1. The fraction of sp³-hybridized carbons (Fsp3) is 0.565. The first-order valence-electron chi connectivity index (χ1n) is 11.5. The van der Waals surface area contributed by atoms with Crippen LogP contribution >= 0.6 is 0 Å². The number of likely N-dealkylation sites (tertiary alicyclic amines) is 1. The maximum absolute atomic E-state index is 13.0. The molecule has 170 valence electrons. The van der Waals surface area contributed by atoms with E-state index in [1.165, 1.54) is 10.0 Å². The lowest BCUT2D eigenvalue weighted by Crippen LogP contribution is -2.56. The minimum Gasteiger partial charge on any atom is -0.371 e. The molecule has 1 aromatic carbocycles. The first-order valence-corrected chi connectivity index (χ1v) is 11.5. The predicted octanol–water partition coefficient (Wildman–Crippen LogP) is 1.38. The standard InChI is InChI=1S/C23H29N5O4/c29-15-16-3-8-25(9-4-16)18-5-10-26(11-6-18)19-2-1-17-14-28(22(31)20(17)13-19)27-12-7-21(30)24-23(27)32/h1-2,13,15-16,18H,3-12,14H2,(H,24,30,32). The summed E-state index contributed by atoms with van der Waals surface area (Å²) in [6.07, 6.45) is 5.38. The van der Waals surface area contributed by atoms with Crippen LogP contribution in [-0.4, -0.2) is 77.8 Å². The van der Waals surface area contributed by atoms with Gasteiger partial charge in [-0.05, 0) is 56.5 Å². The Bertz CT molecular complexity index is 934. The van der Waals surface area contributed by atoms with Gasteiger partial charge >= 0.3 is 6.03 Å². The topological polar surface area (TPSA) is 93.3 Å². The fourth-order valence-corrected chi connectivity index (χ4v) is 5.36. The number of imide groups is 1. The Morgan fingerprint density at radius 2 is 1.66 bits per heavy atom. The molecule has 3 fully saturated rings. The highest BCUT2D eigenvalue weighted by molar-refractivity contribution is 6.02. The number of hydrogen-bond acceptors (Lipinski definition) is 6. The molecule has 32 heavy (non-hydrogen) atoms. The normalized spacial score (nSPS) is 23.5. The van der Waals surface area contributed by atoms with Crippen molar-refractivity contribution in [2.24, 2.45) is 5.92 Å². The summed E-state index contributed by atoms with van der Waals surface area (Å²) in [7, 11) is 0. The molecular formula is C23H29N5O4. The van der Waals surface area contributed by atoms with Crippen LogP contribution in [0, 0.1) is 5.92 Å². The third-order valence-electron chi connectivity index (χ3n) is 7.31. The zero-order valence-electron chi connectivity index (χ0n) is 18.2. The Morgan fingerprint density at radius 1 is 0.906 bits per heavy atom. The molecule has 4 aliphatic rings. The minimum atomic E-state index is -0.540. The van der Waals surface area contributed by atoms with Crippen LogP contribution in [0.5, 0.6) is 0 Å². The second-order valence-electron chi connectivity index (χ2n) is 9.16. The van der Waals surface area contributed by atoms with Crippen LogP contribution in [0.15, 0.2) is 18.2 Å². The Labute approximate surface area is 187 Å². The summed E-state index contributed by atoms with van der Waals surface area (Å²) in [5, 5.41) is 5.05. The third-order valence-corrected chi connectivity index (χ3v) is 7.31. The molecule has 9 nitrogen and oxygen atoms in total. The van der Waals surface area contributed by atoms with Gasteiger partial charge in [0, 0.05) is 42.7 Å². The number of fused-ring (bicyclic) bond motifs is 1. The number of piperidine rings is 2. The number of hydrogen-bond donors (Lipinski definition) is 1. The van der Waals surface area contributed by atoms with E-state index in [0.717, 1.165) is 69.4 Å². The van der Waals surface area contributed by atoms with Crippen molar-refractivity contribution in [3.8, 4) is 0 Å². The van der Waals surface area contributed by atoms with Crippen LogP contribution in [0.1, 0.15) is 48.0 Å². The van der Waals surface area contributed by atoms with Gasteiger partial charge in [0.05, 0.1) is 13.1 Å². The average molecular weight is 440 g/mol. The number of amides is 4. The number of anilines is 1. The van der Waals surface area contributed by atoms with E-state index in [0.29, 0.717) is 18.2 Å². The van der Waals surface area contributed by atoms with Crippen LogP contribution in [0.2, 0.25) is 0 Å². The van der Waals surface area contributed by atoms with Gasteiger partial charge in [-0.15, -0.1) is 0 Å². The molecule has 4 amide bonds. The van der Waals surface area contributed by atoms with E-state index in [9.17, 15) is 19.2 Å².